The summed E-state index contributed by atoms with van der Waals surface area (Å²) >= 11 is 0. The molecule has 0 fully saturated rings. The maximum atomic E-state index is 6.41. The lowest BCUT2D eigenvalue weighted by Gasteiger charge is -2.18. The summed E-state index contributed by atoms with van der Waals surface area (Å²) in [6.07, 6.45) is 0. The molecule has 0 unspecified atom stereocenters. The van der Waals surface area contributed by atoms with E-state index < -0.39 is 0 Å². The van der Waals surface area contributed by atoms with Gasteiger partial charge in [0.15, 0.2) is 22.3 Å². The lowest BCUT2D eigenvalue weighted by atomic mass is 10.1. The summed E-state index contributed by atoms with van der Waals surface area (Å²) in [5, 5.41) is 0. The molecule has 0 saturated heterocycles. The first-order valence-electron chi connectivity index (χ1n) is 11.7. The van der Waals surface area contributed by atoms with Gasteiger partial charge in [0, 0.05) is 17.4 Å². The van der Waals surface area contributed by atoms with Crippen molar-refractivity contribution in [1.29, 1.82) is 0 Å². The Balaban J connectivity index is 1.69. The maximum Gasteiger partial charge on any atom is 0.155 e. The van der Waals surface area contributed by atoms with Crippen LogP contribution in [0.5, 0.6) is 0 Å². The van der Waals surface area contributed by atoms with Crippen molar-refractivity contribution in [1.82, 2.24) is 9.13 Å². The third-order valence-corrected chi connectivity index (χ3v) is 6.48. The number of hydrogen-bond acceptors (Lipinski definition) is 2. The van der Waals surface area contributed by atoms with E-state index in [0.29, 0.717) is 0 Å². The van der Waals surface area contributed by atoms with Gasteiger partial charge >= 0.3 is 0 Å². The number of aromatic nitrogens is 2. The molecule has 0 bridgehead atoms. The van der Waals surface area contributed by atoms with Crippen LogP contribution < -0.4 is 0 Å². The zero-order valence-corrected chi connectivity index (χ0v) is 19.2. The summed E-state index contributed by atoms with van der Waals surface area (Å²) < 4.78 is 17.3. The maximum absolute atomic E-state index is 6.41. The quantitative estimate of drug-likeness (QED) is 0.246. The molecule has 7 aromatic rings. The molecule has 0 radical (unpaired) electrons. The number of hydrogen-bond donors (Lipinski definition) is 0. The third-order valence-electron chi connectivity index (χ3n) is 6.48. The van der Waals surface area contributed by atoms with Crippen molar-refractivity contribution in [2.45, 2.75) is 6.92 Å². The number of para-hydroxylation sites is 5. The van der Waals surface area contributed by atoms with Gasteiger partial charge < -0.3 is 18.0 Å². The first kappa shape index (κ1) is 19.7. The van der Waals surface area contributed by atoms with Crippen molar-refractivity contribution in [2.24, 2.45) is 0 Å². The van der Waals surface area contributed by atoms with E-state index in [1.807, 2.05) is 48.5 Å². The molecule has 2 aromatic heterocycles. The minimum atomic E-state index is 0.759. The van der Waals surface area contributed by atoms with E-state index in [4.69, 9.17) is 8.83 Å². The van der Waals surface area contributed by atoms with E-state index in [1.54, 1.807) is 0 Å². The van der Waals surface area contributed by atoms with Crippen LogP contribution in [-0.2, 0) is 0 Å². The predicted molar refractivity (Wildman–Crippen MR) is 142 cm³/mol. The topological polar surface area (TPSA) is 36.1 Å². The highest BCUT2D eigenvalue weighted by Crippen LogP contribution is 2.34. The fraction of sp³-hybridized carbons (Fsp3) is 0.0323. The van der Waals surface area contributed by atoms with Crippen LogP contribution in [-0.4, -0.2) is 9.13 Å². The standard InChI is InChI=1S/C31H22N2O2/c1-21-15-17-23(18-16-21)33-25-12-6-8-14-29(25)35-31-20-30-26(19-27(31)33)32(22-9-3-2-4-10-22)24-11-5-7-13-28(24)34-30/h2-20H,1H3. The van der Waals surface area contributed by atoms with Gasteiger partial charge in [-0.25, -0.2) is 0 Å². The van der Waals surface area contributed by atoms with Gasteiger partial charge in [-0.3, -0.25) is 0 Å². The number of nitrogens with zero attached hydrogens (tertiary/aromatic N) is 2. The molecule has 0 spiro atoms. The van der Waals surface area contributed by atoms with Crippen LogP contribution in [0.15, 0.2) is 124 Å². The summed E-state index contributed by atoms with van der Waals surface area (Å²) in [7, 11) is 0. The van der Waals surface area contributed by atoms with Crippen molar-refractivity contribution in [3.63, 3.8) is 0 Å². The van der Waals surface area contributed by atoms with Crippen LogP contribution in [0.25, 0.3) is 55.8 Å². The number of aryl methyl sites for hydroxylation is 1. The summed E-state index contributed by atoms with van der Waals surface area (Å²) in [5.41, 5.74) is 10.5. The van der Waals surface area contributed by atoms with E-state index in [-0.39, 0.29) is 0 Å². The molecule has 0 atom stereocenters. The Morgan fingerprint density at radius 1 is 0.429 bits per heavy atom. The molecule has 0 aliphatic carbocycles. The van der Waals surface area contributed by atoms with Gasteiger partial charge in [-0.2, -0.15) is 0 Å². The number of fused-ring (bicyclic) bond motifs is 4. The van der Waals surface area contributed by atoms with Gasteiger partial charge in [-0.15, -0.1) is 0 Å². The molecular formula is C31H22N2O2. The van der Waals surface area contributed by atoms with Gasteiger partial charge in [-0.1, -0.05) is 60.2 Å². The molecule has 0 amide bonds. The molecule has 4 nitrogen and oxygen atoms in total. The van der Waals surface area contributed by atoms with Gasteiger partial charge in [0.1, 0.15) is 0 Å². The Labute approximate surface area is 201 Å². The number of benzene rings is 5. The van der Waals surface area contributed by atoms with Crippen LogP contribution in [0.1, 0.15) is 5.56 Å². The van der Waals surface area contributed by atoms with Crippen LogP contribution in [0, 0.1) is 6.92 Å². The first-order valence-corrected chi connectivity index (χ1v) is 11.7. The molecule has 0 aliphatic rings. The van der Waals surface area contributed by atoms with Crippen molar-refractivity contribution in [2.75, 3.05) is 0 Å². The zero-order valence-electron chi connectivity index (χ0n) is 19.2. The normalized spacial score (nSPS) is 11.6. The van der Waals surface area contributed by atoms with Crippen molar-refractivity contribution in [3.8, 4) is 11.4 Å². The molecule has 2 heterocycles. The van der Waals surface area contributed by atoms with Crippen molar-refractivity contribution >= 4 is 44.4 Å². The SMILES string of the molecule is Cc1ccc(-n2c3ccccc3oc3cc4oc5ccccc5n(-c5ccccc5)c4cc32)cc1. The molecule has 4 heteroatoms. The molecule has 0 aliphatic heterocycles. The van der Waals surface area contributed by atoms with Crippen molar-refractivity contribution in [3.05, 3.63) is 121 Å². The van der Waals surface area contributed by atoms with E-state index in [9.17, 15) is 0 Å². The third kappa shape index (κ3) is 3.15. The molecule has 0 N–H and O–H groups in total. The van der Waals surface area contributed by atoms with E-state index >= 15 is 0 Å². The minimum absolute atomic E-state index is 0.759. The summed E-state index contributed by atoms with van der Waals surface area (Å²) in [6, 6.07) is 39.4. The molecule has 7 rings (SSSR count). The van der Waals surface area contributed by atoms with E-state index in [2.05, 4.69) is 82.8 Å². The van der Waals surface area contributed by atoms with Gasteiger partial charge in [0.2, 0.25) is 0 Å². The lowest BCUT2D eigenvalue weighted by Crippen LogP contribution is -2.03. The summed E-state index contributed by atoms with van der Waals surface area (Å²) in [5.74, 6) is 0. The van der Waals surface area contributed by atoms with E-state index in [0.717, 1.165) is 55.8 Å². The molecule has 35 heavy (non-hydrogen) atoms. The molecule has 5 aromatic carbocycles. The van der Waals surface area contributed by atoms with Crippen LogP contribution in [0.3, 0.4) is 0 Å². The molecule has 0 saturated carbocycles. The van der Waals surface area contributed by atoms with Gasteiger partial charge in [0.05, 0.1) is 22.1 Å². The summed E-state index contributed by atoms with van der Waals surface area (Å²) in [6.45, 7) is 2.11. The smallest absolute Gasteiger partial charge is 0.155 e. The first-order chi connectivity index (χ1) is 17.3. The Morgan fingerprint density at radius 3 is 1.49 bits per heavy atom. The Kier molecular flexibility index (Phi) is 4.33. The Bertz CT molecular complexity index is 1900. The second kappa shape index (κ2) is 7.67. The monoisotopic (exact) mass is 454 g/mol. The van der Waals surface area contributed by atoms with E-state index in [1.165, 1.54) is 5.56 Å². The highest BCUT2D eigenvalue weighted by molar-refractivity contribution is 5.97. The van der Waals surface area contributed by atoms with Crippen LogP contribution >= 0.6 is 0 Å². The fourth-order valence-electron chi connectivity index (χ4n) is 4.83. The van der Waals surface area contributed by atoms with Crippen LogP contribution in [0.2, 0.25) is 0 Å². The average molecular weight is 455 g/mol. The van der Waals surface area contributed by atoms with Crippen LogP contribution in [0.4, 0.5) is 0 Å². The highest BCUT2D eigenvalue weighted by Gasteiger charge is 2.16. The average Bonchev–Trinajstić information content (AvgIpc) is 2.90. The molecular weight excluding hydrogens is 432 g/mol. The lowest BCUT2D eigenvalue weighted by molar-refractivity contribution is 0.639. The summed E-state index contributed by atoms with van der Waals surface area (Å²) in [4.78, 5) is 0. The Morgan fingerprint density at radius 2 is 0.914 bits per heavy atom. The van der Waals surface area contributed by atoms with Gasteiger partial charge in [-0.05, 0) is 61.5 Å². The highest BCUT2D eigenvalue weighted by atomic mass is 16.3. The minimum Gasteiger partial charge on any atom is -0.453 e. The second-order valence-corrected chi connectivity index (χ2v) is 8.77. The Hall–Kier alpha value is -4.70. The number of rotatable bonds is 2. The van der Waals surface area contributed by atoms with Gasteiger partial charge in [0.25, 0.3) is 0 Å². The second-order valence-electron chi connectivity index (χ2n) is 8.77. The fourth-order valence-corrected chi connectivity index (χ4v) is 4.83. The predicted octanol–water partition coefficient (Wildman–Crippen LogP) is 8.50. The van der Waals surface area contributed by atoms with Crippen molar-refractivity contribution < 1.29 is 8.83 Å². The zero-order chi connectivity index (χ0) is 23.4. The largest absolute Gasteiger partial charge is 0.453 e. The molecule has 168 valence electrons.